The van der Waals surface area contributed by atoms with Gasteiger partial charge in [-0.1, -0.05) is 84.4 Å². The number of halogens is 1. The largest absolute Gasteiger partial charge is 0.480 e. The van der Waals surface area contributed by atoms with Crippen molar-refractivity contribution in [2.45, 2.75) is 44.3 Å². The Morgan fingerprint density at radius 2 is 1.50 bits per heavy atom. The first-order valence-corrected chi connectivity index (χ1v) is 13.9. The van der Waals surface area contributed by atoms with Gasteiger partial charge in [0.2, 0.25) is 0 Å². The zero-order valence-corrected chi connectivity index (χ0v) is 23.2. The van der Waals surface area contributed by atoms with Crippen LogP contribution in [0, 0.1) is 0 Å². The van der Waals surface area contributed by atoms with E-state index in [0.29, 0.717) is 29.5 Å². The highest BCUT2D eigenvalue weighted by atomic mass is 35.5. The minimum atomic E-state index is -1.09. The predicted molar refractivity (Wildman–Crippen MR) is 156 cm³/mol. The molecule has 0 aliphatic carbocycles. The molecule has 0 saturated carbocycles. The first kappa shape index (κ1) is 27.6. The Labute approximate surface area is 239 Å². The van der Waals surface area contributed by atoms with Gasteiger partial charge in [-0.15, -0.1) is 0 Å². The van der Waals surface area contributed by atoms with Gasteiger partial charge in [0, 0.05) is 23.5 Å². The number of aliphatic carboxylic acids is 1. The van der Waals surface area contributed by atoms with Crippen LogP contribution in [-0.2, 0) is 23.3 Å². The molecule has 1 aliphatic rings. The maximum absolute atomic E-state index is 13.3. The first-order valence-electron chi connectivity index (χ1n) is 13.5. The highest BCUT2D eigenvalue weighted by Crippen LogP contribution is 2.42. The third kappa shape index (κ3) is 5.96. The van der Waals surface area contributed by atoms with Gasteiger partial charge < -0.3 is 15.0 Å². The normalized spacial score (nSPS) is 15.8. The van der Waals surface area contributed by atoms with Crippen molar-refractivity contribution >= 4 is 23.5 Å². The van der Waals surface area contributed by atoms with E-state index in [-0.39, 0.29) is 5.41 Å². The molecule has 1 aliphatic heterocycles. The second-order valence-electron chi connectivity index (χ2n) is 10.4. The molecule has 1 unspecified atom stereocenters. The summed E-state index contributed by atoms with van der Waals surface area (Å²) in [6.45, 7) is 4.04. The van der Waals surface area contributed by atoms with Crippen LogP contribution >= 0.6 is 11.6 Å². The molecule has 206 valence electrons. The molecule has 8 heteroatoms. The second-order valence-corrected chi connectivity index (χ2v) is 10.9. The summed E-state index contributed by atoms with van der Waals surface area (Å²) < 4.78 is 1.78. The number of carboxylic acid groups (broad SMARTS) is 1. The van der Waals surface area contributed by atoms with E-state index in [1.807, 2.05) is 12.1 Å². The third-order valence-corrected chi connectivity index (χ3v) is 8.10. The van der Waals surface area contributed by atoms with Crippen LogP contribution in [0.1, 0.15) is 52.6 Å². The highest BCUT2D eigenvalue weighted by molar-refractivity contribution is 6.30. The average molecular weight is 557 g/mol. The molecule has 3 aromatic carbocycles. The molecule has 7 nitrogen and oxygen atoms in total. The van der Waals surface area contributed by atoms with E-state index in [4.69, 9.17) is 11.6 Å². The van der Waals surface area contributed by atoms with E-state index < -0.39 is 17.9 Å². The van der Waals surface area contributed by atoms with Gasteiger partial charge in [0.25, 0.3) is 5.91 Å². The van der Waals surface area contributed by atoms with Crippen LogP contribution in [0.15, 0.2) is 91.3 Å². The molecule has 1 aromatic heterocycles. The molecule has 1 fully saturated rings. The molecule has 1 amide bonds. The van der Waals surface area contributed by atoms with Gasteiger partial charge in [0.05, 0.1) is 12.0 Å². The van der Waals surface area contributed by atoms with Gasteiger partial charge in [-0.3, -0.25) is 14.5 Å². The first-order chi connectivity index (χ1) is 19.4. The molecule has 40 heavy (non-hydrogen) atoms. The molecule has 1 saturated heterocycles. The van der Waals surface area contributed by atoms with Crippen molar-refractivity contribution in [3.05, 3.63) is 124 Å². The average Bonchev–Trinajstić information content (AvgIpc) is 3.37. The van der Waals surface area contributed by atoms with Crippen LogP contribution in [0.25, 0.3) is 0 Å². The van der Waals surface area contributed by atoms with Gasteiger partial charge in [-0.25, -0.2) is 4.98 Å². The Balaban J connectivity index is 1.39. The quantitative estimate of drug-likeness (QED) is 0.289. The fourth-order valence-electron chi connectivity index (χ4n) is 5.60. The standard InChI is InChI=1S/C32H33ClN4O3/c1-23(31(39)40)35-30(38)29-28(34-22-37(29)20-24-12-14-27(33)15-13-24)21-36-18-16-32(17-19-36,25-8-4-2-5-9-25)26-10-6-3-7-11-26/h2-15,22-23H,16-21H2,1H3,(H,35,38)(H,39,40). The number of carbonyl (C=O) groups excluding carboxylic acids is 1. The smallest absolute Gasteiger partial charge is 0.325 e. The molecule has 0 spiro atoms. The SMILES string of the molecule is CC(NC(=O)c1c(CN2CCC(c3ccccc3)(c3ccccc3)CC2)ncn1Cc1ccc(Cl)cc1)C(=O)O. The van der Waals surface area contributed by atoms with Gasteiger partial charge in [0.1, 0.15) is 11.7 Å². The Bertz CT molecular complexity index is 1410. The fraction of sp³-hybridized carbons (Fsp3) is 0.281. The van der Waals surface area contributed by atoms with E-state index in [9.17, 15) is 14.7 Å². The van der Waals surface area contributed by atoms with E-state index in [2.05, 4.69) is 75.9 Å². The van der Waals surface area contributed by atoms with Crippen molar-refractivity contribution in [1.29, 1.82) is 0 Å². The number of nitrogens with one attached hydrogen (secondary N) is 1. The summed E-state index contributed by atoms with van der Waals surface area (Å²) in [7, 11) is 0. The molecule has 2 N–H and O–H groups in total. The number of benzene rings is 3. The van der Waals surface area contributed by atoms with Crippen LogP contribution in [-0.4, -0.2) is 50.6 Å². The van der Waals surface area contributed by atoms with Crippen molar-refractivity contribution in [1.82, 2.24) is 19.8 Å². The third-order valence-electron chi connectivity index (χ3n) is 7.85. The number of rotatable bonds is 9. The lowest BCUT2D eigenvalue weighted by Gasteiger charge is -2.43. The summed E-state index contributed by atoms with van der Waals surface area (Å²) in [6, 6.07) is 27.8. The summed E-state index contributed by atoms with van der Waals surface area (Å²) in [6.07, 6.45) is 3.53. The maximum atomic E-state index is 13.3. The van der Waals surface area contributed by atoms with E-state index >= 15 is 0 Å². The number of hydrogen-bond donors (Lipinski definition) is 2. The van der Waals surface area contributed by atoms with E-state index in [0.717, 1.165) is 31.5 Å². The maximum Gasteiger partial charge on any atom is 0.325 e. The number of nitrogens with zero attached hydrogens (tertiary/aromatic N) is 3. The van der Waals surface area contributed by atoms with Gasteiger partial charge in [-0.2, -0.15) is 0 Å². The lowest BCUT2D eigenvalue weighted by atomic mass is 9.68. The molecular weight excluding hydrogens is 524 g/mol. The van der Waals surface area contributed by atoms with E-state index in [1.54, 1.807) is 23.0 Å². The summed E-state index contributed by atoms with van der Waals surface area (Å²) in [5.41, 5.74) is 4.53. The van der Waals surface area contributed by atoms with Crippen LogP contribution < -0.4 is 5.32 Å². The number of likely N-dealkylation sites (tertiary alicyclic amines) is 1. The lowest BCUT2D eigenvalue weighted by molar-refractivity contribution is -0.138. The summed E-state index contributed by atoms with van der Waals surface area (Å²) in [5.74, 6) is -1.54. The van der Waals surface area contributed by atoms with Gasteiger partial charge >= 0.3 is 5.97 Å². The fourth-order valence-corrected chi connectivity index (χ4v) is 5.72. The molecule has 5 rings (SSSR count). The molecule has 2 heterocycles. The lowest BCUT2D eigenvalue weighted by Crippen LogP contribution is -2.43. The molecule has 0 radical (unpaired) electrons. The number of piperidine rings is 1. The van der Waals surface area contributed by atoms with Crippen molar-refractivity contribution < 1.29 is 14.7 Å². The Kier molecular flexibility index (Phi) is 8.33. The van der Waals surface area contributed by atoms with Crippen molar-refractivity contribution in [3.8, 4) is 0 Å². The van der Waals surface area contributed by atoms with Crippen molar-refractivity contribution in [2.24, 2.45) is 0 Å². The van der Waals surface area contributed by atoms with Crippen molar-refractivity contribution in [2.75, 3.05) is 13.1 Å². The van der Waals surface area contributed by atoms with E-state index in [1.165, 1.54) is 18.1 Å². The van der Waals surface area contributed by atoms with Crippen LogP contribution in [0.3, 0.4) is 0 Å². The topological polar surface area (TPSA) is 87.5 Å². The van der Waals surface area contributed by atoms with Gasteiger partial charge in [-0.05, 0) is 61.7 Å². The summed E-state index contributed by atoms with van der Waals surface area (Å²) in [5, 5.41) is 12.6. The van der Waals surface area contributed by atoms with Crippen LogP contribution in [0.2, 0.25) is 5.02 Å². The second kappa shape index (κ2) is 12.1. The zero-order valence-electron chi connectivity index (χ0n) is 22.5. The van der Waals surface area contributed by atoms with Crippen LogP contribution in [0.4, 0.5) is 0 Å². The predicted octanol–water partition coefficient (Wildman–Crippen LogP) is 5.37. The minimum absolute atomic E-state index is 0.0793. The number of hydrogen-bond acceptors (Lipinski definition) is 4. The number of imidazole rings is 1. The number of aromatic nitrogens is 2. The number of carboxylic acids is 1. The van der Waals surface area contributed by atoms with Crippen LogP contribution in [0.5, 0.6) is 0 Å². The molecular formula is C32H33ClN4O3. The number of carbonyl (C=O) groups is 2. The Morgan fingerprint density at radius 1 is 0.925 bits per heavy atom. The van der Waals surface area contributed by atoms with Crippen molar-refractivity contribution in [3.63, 3.8) is 0 Å². The molecule has 0 bridgehead atoms. The molecule has 4 aromatic rings. The monoisotopic (exact) mass is 556 g/mol. The Morgan fingerprint density at radius 3 is 2.05 bits per heavy atom. The highest BCUT2D eigenvalue weighted by Gasteiger charge is 2.38. The number of amides is 1. The summed E-state index contributed by atoms with van der Waals surface area (Å²) >= 11 is 6.05. The summed E-state index contributed by atoms with van der Waals surface area (Å²) in [4.78, 5) is 31.8. The zero-order chi connectivity index (χ0) is 28.1. The Hall–Kier alpha value is -3.94. The minimum Gasteiger partial charge on any atom is -0.480 e. The molecule has 1 atom stereocenters. The van der Waals surface area contributed by atoms with Gasteiger partial charge in [0.15, 0.2) is 0 Å².